The lowest BCUT2D eigenvalue weighted by atomic mass is 10.1. The molecule has 2 heterocycles. The summed E-state index contributed by atoms with van der Waals surface area (Å²) in [5.41, 5.74) is 1.85. The van der Waals surface area contributed by atoms with Crippen molar-refractivity contribution in [3.63, 3.8) is 0 Å². The second-order valence-electron chi connectivity index (χ2n) is 5.40. The van der Waals surface area contributed by atoms with E-state index in [0.717, 1.165) is 11.1 Å². The molecule has 1 N–H and O–H groups in total. The van der Waals surface area contributed by atoms with Gasteiger partial charge in [0.15, 0.2) is 11.2 Å². The van der Waals surface area contributed by atoms with Crippen LogP contribution in [0.15, 0.2) is 53.7 Å². The molecule has 1 aliphatic rings. The molecule has 7 heteroatoms. The average molecular weight is 328 g/mol. The highest BCUT2D eigenvalue weighted by atomic mass is 32.2. The number of hydrogen-bond donors (Lipinski definition) is 1. The fourth-order valence-electron chi connectivity index (χ4n) is 2.57. The molecule has 1 aromatic carbocycles. The molecule has 1 aromatic heterocycles. The van der Waals surface area contributed by atoms with Crippen LogP contribution in [0.5, 0.6) is 0 Å². The molecule has 0 spiro atoms. The first-order valence-electron chi connectivity index (χ1n) is 7.27. The largest absolute Gasteiger partial charge is 0.309 e. The molecule has 3 rings (SSSR count). The van der Waals surface area contributed by atoms with Gasteiger partial charge >= 0.3 is 0 Å². The normalized spacial score (nSPS) is 17.9. The van der Waals surface area contributed by atoms with Crippen LogP contribution < -0.4 is 4.72 Å². The molecular weight excluding hydrogens is 312 g/mol. The SMILES string of the molecule is N#CN1CCC(NS(=O)(=O)c2ccc(-c3ccccc3)cn2)C1. The molecule has 0 amide bonds. The molecular formula is C16H16N4O2S. The van der Waals surface area contributed by atoms with Crippen LogP contribution in [0, 0.1) is 11.5 Å². The maximum Gasteiger partial charge on any atom is 0.258 e. The molecule has 1 atom stereocenters. The topological polar surface area (TPSA) is 86.1 Å². The Bertz CT molecular complexity index is 813. The average Bonchev–Trinajstić information content (AvgIpc) is 3.03. The minimum absolute atomic E-state index is 0.00686. The van der Waals surface area contributed by atoms with Crippen LogP contribution in [0.4, 0.5) is 0 Å². The Kier molecular flexibility index (Phi) is 4.28. The lowest BCUT2D eigenvalue weighted by Gasteiger charge is -2.12. The minimum atomic E-state index is -3.67. The summed E-state index contributed by atoms with van der Waals surface area (Å²) in [4.78, 5) is 5.62. The molecule has 0 aliphatic carbocycles. The van der Waals surface area contributed by atoms with Crippen molar-refractivity contribution in [3.05, 3.63) is 48.7 Å². The van der Waals surface area contributed by atoms with Crippen LogP contribution in [0.1, 0.15) is 6.42 Å². The zero-order valence-electron chi connectivity index (χ0n) is 12.4. The number of hydrogen-bond acceptors (Lipinski definition) is 5. The Morgan fingerprint density at radius 3 is 2.57 bits per heavy atom. The van der Waals surface area contributed by atoms with Crippen molar-refractivity contribution in [1.82, 2.24) is 14.6 Å². The summed E-state index contributed by atoms with van der Waals surface area (Å²) in [5, 5.41) is 8.82. The molecule has 0 bridgehead atoms. The van der Waals surface area contributed by atoms with Gasteiger partial charge in [-0.15, -0.1) is 0 Å². The van der Waals surface area contributed by atoms with Crippen LogP contribution in [-0.2, 0) is 10.0 Å². The van der Waals surface area contributed by atoms with Gasteiger partial charge in [0.2, 0.25) is 0 Å². The van der Waals surface area contributed by atoms with Crippen molar-refractivity contribution in [2.45, 2.75) is 17.5 Å². The van der Waals surface area contributed by atoms with Crippen molar-refractivity contribution in [1.29, 1.82) is 5.26 Å². The van der Waals surface area contributed by atoms with Gasteiger partial charge in [-0.3, -0.25) is 0 Å². The van der Waals surface area contributed by atoms with Gasteiger partial charge in [0, 0.05) is 30.9 Å². The van der Waals surface area contributed by atoms with Gasteiger partial charge in [0.25, 0.3) is 10.0 Å². The number of nitriles is 1. The maximum atomic E-state index is 12.4. The van der Waals surface area contributed by atoms with E-state index in [1.54, 1.807) is 17.2 Å². The van der Waals surface area contributed by atoms with Crippen molar-refractivity contribution in [2.75, 3.05) is 13.1 Å². The summed E-state index contributed by atoms with van der Waals surface area (Å²) in [6.45, 7) is 0.974. The quantitative estimate of drug-likeness (QED) is 0.861. The number of sulfonamides is 1. The van der Waals surface area contributed by atoms with E-state index in [-0.39, 0.29) is 11.1 Å². The smallest absolute Gasteiger partial charge is 0.258 e. The number of likely N-dealkylation sites (tertiary alicyclic amines) is 1. The summed E-state index contributed by atoms with van der Waals surface area (Å²) in [6, 6.07) is 12.6. The van der Waals surface area contributed by atoms with Crippen LogP contribution in [0.2, 0.25) is 0 Å². The lowest BCUT2D eigenvalue weighted by Crippen LogP contribution is -2.36. The monoisotopic (exact) mass is 328 g/mol. The maximum absolute atomic E-state index is 12.4. The third kappa shape index (κ3) is 3.50. The van der Waals surface area contributed by atoms with Crippen LogP contribution >= 0.6 is 0 Å². The van der Waals surface area contributed by atoms with Gasteiger partial charge in [0.1, 0.15) is 0 Å². The Labute approximate surface area is 135 Å². The van der Waals surface area contributed by atoms with Gasteiger partial charge in [-0.1, -0.05) is 30.3 Å². The molecule has 1 saturated heterocycles. The predicted octanol–water partition coefficient (Wildman–Crippen LogP) is 1.58. The van der Waals surface area contributed by atoms with Gasteiger partial charge in [0.05, 0.1) is 0 Å². The number of rotatable bonds is 4. The van der Waals surface area contributed by atoms with Gasteiger partial charge in [-0.05, 0) is 24.1 Å². The van der Waals surface area contributed by atoms with Gasteiger partial charge in [-0.2, -0.15) is 5.26 Å². The van der Waals surface area contributed by atoms with E-state index in [1.807, 2.05) is 36.5 Å². The van der Waals surface area contributed by atoms with E-state index in [4.69, 9.17) is 5.26 Å². The van der Waals surface area contributed by atoms with Gasteiger partial charge in [-0.25, -0.2) is 18.1 Å². The summed E-state index contributed by atoms with van der Waals surface area (Å²) in [7, 11) is -3.67. The molecule has 0 radical (unpaired) electrons. The first-order valence-corrected chi connectivity index (χ1v) is 8.75. The molecule has 0 saturated carbocycles. The second-order valence-corrected chi connectivity index (χ2v) is 7.06. The lowest BCUT2D eigenvalue weighted by molar-refractivity contribution is 0.470. The highest BCUT2D eigenvalue weighted by molar-refractivity contribution is 7.89. The summed E-state index contributed by atoms with van der Waals surface area (Å²) in [5.74, 6) is 0. The number of nitrogens with one attached hydrogen (secondary N) is 1. The van der Waals surface area contributed by atoms with E-state index >= 15 is 0 Å². The van der Waals surface area contributed by atoms with Crippen LogP contribution in [-0.4, -0.2) is 37.4 Å². The summed E-state index contributed by atoms with van der Waals surface area (Å²) >= 11 is 0. The molecule has 1 aliphatic heterocycles. The second kappa shape index (κ2) is 6.36. The predicted molar refractivity (Wildman–Crippen MR) is 85.6 cm³/mol. The fraction of sp³-hybridized carbons (Fsp3) is 0.250. The fourth-order valence-corrected chi connectivity index (χ4v) is 3.76. The van der Waals surface area contributed by atoms with E-state index in [1.165, 1.54) is 6.07 Å². The molecule has 23 heavy (non-hydrogen) atoms. The number of benzene rings is 1. The standard InChI is InChI=1S/C16H16N4O2S/c17-12-20-9-8-15(11-20)19-23(21,22)16-7-6-14(10-18-16)13-4-2-1-3-5-13/h1-7,10,15,19H,8-9,11H2. The van der Waals surface area contributed by atoms with Crippen LogP contribution in [0.25, 0.3) is 11.1 Å². The summed E-state index contributed by atoms with van der Waals surface area (Å²) < 4.78 is 27.3. The van der Waals surface area contributed by atoms with E-state index < -0.39 is 10.0 Å². The summed E-state index contributed by atoms with van der Waals surface area (Å²) in [6.07, 6.45) is 4.20. The number of nitrogens with zero attached hydrogens (tertiary/aromatic N) is 3. The third-order valence-electron chi connectivity index (χ3n) is 3.77. The van der Waals surface area contributed by atoms with E-state index in [9.17, 15) is 8.42 Å². The first-order chi connectivity index (χ1) is 11.1. The number of pyridine rings is 1. The van der Waals surface area contributed by atoms with Gasteiger partial charge < -0.3 is 4.90 Å². The molecule has 2 aromatic rings. The van der Waals surface area contributed by atoms with E-state index in [0.29, 0.717) is 19.5 Å². The van der Waals surface area contributed by atoms with Crippen molar-refractivity contribution >= 4 is 10.0 Å². The highest BCUT2D eigenvalue weighted by Gasteiger charge is 2.27. The highest BCUT2D eigenvalue weighted by Crippen LogP contribution is 2.19. The Hall–Kier alpha value is -2.43. The van der Waals surface area contributed by atoms with Crippen molar-refractivity contribution in [2.24, 2.45) is 0 Å². The molecule has 1 fully saturated rings. The molecule has 6 nitrogen and oxygen atoms in total. The zero-order chi connectivity index (χ0) is 16.3. The molecule has 1 unspecified atom stereocenters. The van der Waals surface area contributed by atoms with Crippen LogP contribution in [0.3, 0.4) is 0 Å². The van der Waals surface area contributed by atoms with Crippen molar-refractivity contribution < 1.29 is 8.42 Å². The Balaban J connectivity index is 1.75. The van der Waals surface area contributed by atoms with Crippen molar-refractivity contribution in [3.8, 4) is 17.3 Å². The molecule has 118 valence electrons. The van der Waals surface area contributed by atoms with E-state index in [2.05, 4.69) is 9.71 Å². The Morgan fingerprint density at radius 2 is 1.96 bits per heavy atom. The Morgan fingerprint density at radius 1 is 1.17 bits per heavy atom. The third-order valence-corrected chi connectivity index (χ3v) is 5.21. The minimum Gasteiger partial charge on any atom is -0.309 e. The number of aromatic nitrogens is 1. The zero-order valence-corrected chi connectivity index (χ0v) is 13.2. The first kappa shape index (κ1) is 15.5.